The number of ether oxygens (including phenoxy) is 1. The monoisotopic (exact) mass is 276 g/mol. The van der Waals surface area contributed by atoms with Crippen molar-refractivity contribution >= 4 is 5.91 Å². The molecule has 0 aliphatic heterocycles. The molecule has 0 radical (unpaired) electrons. The normalized spacial score (nSPS) is 16.9. The van der Waals surface area contributed by atoms with Gasteiger partial charge in [-0.15, -0.1) is 0 Å². The molecule has 4 nitrogen and oxygen atoms in total. The molecule has 1 aliphatic carbocycles. The molecule has 1 saturated carbocycles. The van der Waals surface area contributed by atoms with Crippen LogP contribution in [0.25, 0.3) is 0 Å². The largest absolute Gasteiger partial charge is 0.496 e. The third kappa shape index (κ3) is 3.12. The van der Waals surface area contributed by atoms with Crippen LogP contribution in [0.15, 0.2) is 24.3 Å². The lowest BCUT2D eigenvalue weighted by Crippen LogP contribution is -2.52. The topological polar surface area (TPSA) is 55.6 Å². The first-order valence-corrected chi connectivity index (χ1v) is 7.23. The molecule has 0 spiro atoms. The van der Waals surface area contributed by atoms with Gasteiger partial charge in [-0.2, -0.15) is 0 Å². The van der Waals surface area contributed by atoms with E-state index < -0.39 is 5.54 Å². The van der Waals surface area contributed by atoms with Crippen LogP contribution in [0.3, 0.4) is 0 Å². The van der Waals surface area contributed by atoms with E-state index in [-0.39, 0.29) is 5.91 Å². The average molecular weight is 276 g/mol. The number of hydrogen-bond donors (Lipinski definition) is 1. The number of nitrogens with zero attached hydrogens (tertiary/aromatic N) is 1. The summed E-state index contributed by atoms with van der Waals surface area (Å²) in [6.07, 6.45) is 4.52. The molecule has 2 N–H and O–H groups in total. The summed E-state index contributed by atoms with van der Waals surface area (Å²) in [5.41, 5.74) is 6.70. The number of carbonyl (C=O) groups is 1. The van der Waals surface area contributed by atoms with Crippen molar-refractivity contribution in [2.24, 2.45) is 5.73 Å². The maximum atomic E-state index is 12.4. The van der Waals surface area contributed by atoms with Crippen molar-refractivity contribution in [2.75, 3.05) is 20.7 Å². The number of nitrogens with two attached hydrogens (primary N) is 1. The minimum absolute atomic E-state index is 0.0740. The van der Waals surface area contributed by atoms with E-state index in [1.54, 1.807) is 12.0 Å². The molecule has 0 atom stereocenters. The van der Waals surface area contributed by atoms with Gasteiger partial charge in [0.25, 0.3) is 0 Å². The fraction of sp³-hybridized carbons (Fsp3) is 0.562. The summed E-state index contributed by atoms with van der Waals surface area (Å²) in [4.78, 5) is 14.2. The number of carbonyl (C=O) groups excluding carboxylic acids is 1. The second-order valence-corrected chi connectivity index (χ2v) is 5.65. The van der Waals surface area contributed by atoms with Crippen molar-refractivity contribution in [3.05, 3.63) is 29.8 Å². The molecule has 1 amide bonds. The molecule has 1 aromatic carbocycles. The molecule has 0 heterocycles. The molecular formula is C16H24N2O2. The molecule has 110 valence electrons. The Balaban J connectivity index is 1.95. The standard InChI is InChI=1S/C16H24N2O2/c1-18(15(19)16(17)10-5-6-11-16)12-9-13-7-3-4-8-14(13)20-2/h3-4,7-8H,5-6,9-12,17H2,1-2H3. The number of amides is 1. The predicted octanol–water partition coefficient (Wildman–Crippen LogP) is 1.97. The fourth-order valence-electron chi connectivity index (χ4n) is 2.90. The lowest BCUT2D eigenvalue weighted by Gasteiger charge is -2.28. The van der Waals surface area contributed by atoms with Crippen molar-refractivity contribution in [3.63, 3.8) is 0 Å². The van der Waals surface area contributed by atoms with E-state index in [1.165, 1.54) is 0 Å². The van der Waals surface area contributed by atoms with Crippen molar-refractivity contribution in [2.45, 2.75) is 37.6 Å². The summed E-state index contributed by atoms with van der Waals surface area (Å²) < 4.78 is 5.33. The summed E-state index contributed by atoms with van der Waals surface area (Å²) in [6.45, 7) is 0.665. The second-order valence-electron chi connectivity index (χ2n) is 5.65. The van der Waals surface area contributed by atoms with Crippen LogP contribution in [0.1, 0.15) is 31.2 Å². The van der Waals surface area contributed by atoms with E-state index in [9.17, 15) is 4.79 Å². The highest BCUT2D eigenvalue weighted by atomic mass is 16.5. The van der Waals surface area contributed by atoms with Crippen molar-refractivity contribution in [3.8, 4) is 5.75 Å². The molecule has 0 bridgehead atoms. The summed E-state index contributed by atoms with van der Waals surface area (Å²) in [5.74, 6) is 0.946. The van der Waals surface area contributed by atoms with Gasteiger partial charge < -0.3 is 15.4 Å². The summed E-state index contributed by atoms with van der Waals surface area (Å²) in [5, 5.41) is 0. The molecule has 0 aromatic heterocycles. The van der Waals surface area contributed by atoms with Gasteiger partial charge >= 0.3 is 0 Å². The van der Waals surface area contributed by atoms with E-state index in [2.05, 4.69) is 0 Å². The van der Waals surface area contributed by atoms with Crippen LogP contribution in [0.4, 0.5) is 0 Å². The summed E-state index contributed by atoms with van der Waals surface area (Å²) in [7, 11) is 3.51. The number of hydrogen-bond acceptors (Lipinski definition) is 3. The van der Waals surface area contributed by atoms with Crippen LogP contribution in [0.2, 0.25) is 0 Å². The van der Waals surface area contributed by atoms with Gasteiger partial charge in [-0.3, -0.25) is 4.79 Å². The van der Waals surface area contributed by atoms with Crippen LogP contribution in [0, 0.1) is 0 Å². The molecule has 0 unspecified atom stereocenters. The zero-order chi connectivity index (χ0) is 14.6. The SMILES string of the molecule is COc1ccccc1CCN(C)C(=O)C1(N)CCCC1. The zero-order valence-corrected chi connectivity index (χ0v) is 12.4. The van der Waals surface area contributed by atoms with Gasteiger partial charge in [-0.05, 0) is 30.9 Å². The molecule has 1 aromatic rings. The predicted molar refractivity (Wildman–Crippen MR) is 79.7 cm³/mol. The van der Waals surface area contributed by atoms with Gasteiger partial charge in [-0.1, -0.05) is 31.0 Å². The van der Waals surface area contributed by atoms with Gasteiger partial charge in [0.05, 0.1) is 12.6 Å². The Morgan fingerprint density at radius 3 is 2.65 bits per heavy atom. The van der Waals surface area contributed by atoms with Gasteiger partial charge in [0.2, 0.25) is 5.91 Å². The third-order valence-corrected chi connectivity index (χ3v) is 4.18. The Morgan fingerprint density at radius 2 is 2.00 bits per heavy atom. The number of rotatable bonds is 5. The lowest BCUT2D eigenvalue weighted by atomic mass is 9.97. The van der Waals surface area contributed by atoms with E-state index in [0.717, 1.165) is 43.4 Å². The summed E-state index contributed by atoms with van der Waals surface area (Å²) in [6, 6.07) is 7.91. The maximum Gasteiger partial charge on any atom is 0.242 e. The van der Waals surface area contributed by atoms with Crippen molar-refractivity contribution in [1.82, 2.24) is 4.90 Å². The molecule has 1 aliphatic rings. The Kier molecular flexibility index (Phi) is 4.65. The van der Waals surface area contributed by atoms with Crippen LogP contribution < -0.4 is 10.5 Å². The zero-order valence-electron chi connectivity index (χ0n) is 12.4. The summed E-state index contributed by atoms with van der Waals surface area (Å²) >= 11 is 0. The van der Waals surface area contributed by atoms with E-state index in [1.807, 2.05) is 31.3 Å². The quantitative estimate of drug-likeness (QED) is 0.894. The number of para-hydroxylation sites is 1. The smallest absolute Gasteiger partial charge is 0.242 e. The van der Waals surface area contributed by atoms with Gasteiger partial charge in [-0.25, -0.2) is 0 Å². The first-order chi connectivity index (χ1) is 9.57. The average Bonchev–Trinajstić information content (AvgIpc) is 2.92. The molecule has 20 heavy (non-hydrogen) atoms. The van der Waals surface area contributed by atoms with Crippen LogP contribution >= 0.6 is 0 Å². The van der Waals surface area contributed by atoms with Crippen molar-refractivity contribution < 1.29 is 9.53 Å². The third-order valence-electron chi connectivity index (χ3n) is 4.18. The Labute approximate surface area is 120 Å². The first kappa shape index (κ1) is 14.9. The number of methoxy groups -OCH3 is 1. The maximum absolute atomic E-state index is 12.4. The van der Waals surface area contributed by atoms with Gasteiger partial charge in [0.1, 0.15) is 5.75 Å². The Morgan fingerprint density at radius 1 is 1.35 bits per heavy atom. The lowest BCUT2D eigenvalue weighted by molar-refractivity contribution is -0.135. The highest BCUT2D eigenvalue weighted by Crippen LogP contribution is 2.29. The molecule has 4 heteroatoms. The highest BCUT2D eigenvalue weighted by molar-refractivity contribution is 5.86. The van der Waals surface area contributed by atoms with Gasteiger partial charge in [0.15, 0.2) is 0 Å². The van der Waals surface area contributed by atoms with E-state index in [0.29, 0.717) is 6.54 Å². The van der Waals surface area contributed by atoms with Crippen LogP contribution in [-0.4, -0.2) is 37.0 Å². The van der Waals surface area contributed by atoms with Crippen LogP contribution in [0.5, 0.6) is 5.75 Å². The van der Waals surface area contributed by atoms with E-state index in [4.69, 9.17) is 10.5 Å². The Bertz CT molecular complexity index is 467. The number of benzene rings is 1. The highest BCUT2D eigenvalue weighted by Gasteiger charge is 2.38. The molecule has 0 saturated heterocycles. The molecule has 2 rings (SSSR count). The van der Waals surface area contributed by atoms with Crippen LogP contribution in [-0.2, 0) is 11.2 Å². The Hall–Kier alpha value is -1.55. The van der Waals surface area contributed by atoms with Crippen molar-refractivity contribution in [1.29, 1.82) is 0 Å². The first-order valence-electron chi connectivity index (χ1n) is 7.23. The molecule has 1 fully saturated rings. The minimum atomic E-state index is -0.629. The van der Waals surface area contributed by atoms with Gasteiger partial charge in [0, 0.05) is 13.6 Å². The second kappa shape index (κ2) is 6.27. The fourth-order valence-corrected chi connectivity index (χ4v) is 2.90. The number of likely N-dealkylation sites (N-methyl/N-ethyl adjacent to an activating group) is 1. The van der Waals surface area contributed by atoms with E-state index >= 15 is 0 Å². The minimum Gasteiger partial charge on any atom is -0.496 e. The molecular weight excluding hydrogens is 252 g/mol.